The Kier molecular flexibility index (Phi) is 2.82. The minimum atomic E-state index is 0.791. The van der Waals surface area contributed by atoms with E-state index in [2.05, 4.69) is 70.1 Å². The highest BCUT2D eigenvalue weighted by molar-refractivity contribution is 5.90. The molecule has 0 atom stereocenters. The van der Waals surface area contributed by atoms with Crippen molar-refractivity contribution in [1.29, 1.82) is 0 Å². The van der Waals surface area contributed by atoms with Gasteiger partial charge in [0, 0.05) is 11.9 Å². The molecule has 0 aliphatic heterocycles. The SMILES string of the molecule is c1ccc2c(CNc3cccc4cn[nH]c34)cccc2c1. The maximum atomic E-state index is 4.10. The number of fused-ring (bicyclic) bond motifs is 2. The van der Waals surface area contributed by atoms with Gasteiger partial charge in [-0.15, -0.1) is 0 Å². The first kappa shape index (κ1) is 12.0. The molecule has 3 nitrogen and oxygen atoms in total. The van der Waals surface area contributed by atoms with E-state index in [1.165, 1.54) is 16.3 Å². The van der Waals surface area contributed by atoms with Crippen LogP contribution in [-0.2, 0) is 6.54 Å². The zero-order chi connectivity index (χ0) is 14.1. The van der Waals surface area contributed by atoms with Crippen molar-refractivity contribution >= 4 is 27.4 Å². The van der Waals surface area contributed by atoms with Gasteiger partial charge in [0.05, 0.1) is 17.4 Å². The third-order valence-corrected chi connectivity index (χ3v) is 3.83. The highest BCUT2D eigenvalue weighted by Crippen LogP contribution is 2.23. The Morgan fingerprint density at radius 3 is 2.67 bits per heavy atom. The Labute approximate surface area is 122 Å². The number of para-hydroxylation sites is 1. The molecule has 0 fully saturated rings. The predicted octanol–water partition coefficient (Wildman–Crippen LogP) is 4.33. The molecule has 4 aromatic rings. The molecule has 0 saturated heterocycles. The first-order chi connectivity index (χ1) is 10.4. The average Bonchev–Trinajstić information content (AvgIpc) is 3.02. The first-order valence-electron chi connectivity index (χ1n) is 7.04. The van der Waals surface area contributed by atoms with E-state index in [1.807, 2.05) is 12.3 Å². The van der Waals surface area contributed by atoms with Crippen LogP contribution in [0.4, 0.5) is 5.69 Å². The quantitative estimate of drug-likeness (QED) is 0.583. The Bertz CT molecular complexity index is 903. The summed E-state index contributed by atoms with van der Waals surface area (Å²) in [5.74, 6) is 0. The van der Waals surface area contributed by atoms with Crippen molar-refractivity contribution in [2.75, 3.05) is 5.32 Å². The minimum absolute atomic E-state index is 0.791. The van der Waals surface area contributed by atoms with Gasteiger partial charge in [-0.1, -0.05) is 54.6 Å². The van der Waals surface area contributed by atoms with Crippen LogP contribution in [-0.4, -0.2) is 10.2 Å². The van der Waals surface area contributed by atoms with Crippen LogP contribution in [0, 0.1) is 0 Å². The summed E-state index contributed by atoms with van der Waals surface area (Å²) >= 11 is 0. The lowest BCUT2D eigenvalue weighted by atomic mass is 10.0. The first-order valence-corrected chi connectivity index (χ1v) is 7.04. The van der Waals surface area contributed by atoms with Crippen molar-refractivity contribution in [2.45, 2.75) is 6.54 Å². The van der Waals surface area contributed by atoms with Gasteiger partial charge in [-0.25, -0.2) is 0 Å². The highest BCUT2D eigenvalue weighted by Gasteiger charge is 2.04. The summed E-state index contributed by atoms with van der Waals surface area (Å²) in [5.41, 5.74) is 3.43. The van der Waals surface area contributed by atoms with Gasteiger partial charge in [-0.05, 0) is 22.4 Å². The molecule has 3 heteroatoms. The molecular weight excluding hydrogens is 258 g/mol. The topological polar surface area (TPSA) is 40.7 Å². The van der Waals surface area contributed by atoms with Gasteiger partial charge >= 0.3 is 0 Å². The molecule has 21 heavy (non-hydrogen) atoms. The zero-order valence-corrected chi connectivity index (χ0v) is 11.5. The van der Waals surface area contributed by atoms with Gasteiger partial charge in [-0.2, -0.15) is 5.10 Å². The van der Waals surface area contributed by atoms with Crippen molar-refractivity contribution in [3.63, 3.8) is 0 Å². The molecule has 1 aromatic heterocycles. The molecule has 0 amide bonds. The van der Waals surface area contributed by atoms with Crippen LogP contribution in [0.1, 0.15) is 5.56 Å². The van der Waals surface area contributed by atoms with E-state index in [9.17, 15) is 0 Å². The molecule has 0 bridgehead atoms. The fourth-order valence-corrected chi connectivity index (χ4v) is 2.75. The Morgan fingerprint density at radius 1 is 0.857 bits per heavy atom. The second-order valence-electron chi connectivity index (χ2n) is 5.13. The highest BCUT2D eigenvalue weighted by atomic mass is 15.1. The number of nitrogens with zero attached hydrogens (tertiary/aromatic N) is 1. The molecule has 1 heterocycles. The lowest BCUT2D eigenvalue weighted by Crippen LogP contribution is -2.00. The standard InChI is InChI=1S/C18H15N3/c1-2-9-16-13(5-1)6-3-7-14(16)11-19-17-10-4-8-15-12-20-21-18(15)17/h1-10,12,19H,11H2,(H,20,21). The summed E-state index contributed by atoms with van der Waals surface area (Å²) < 4.78 is 0. The van der Waals surface area contributed by atoms with Crippen LogP contribution in [0.25, 0.3) is 21.7 Å². The second kappa shape index (κ2) is 4.94. The molecule has 2 N–H and O–H groups in total. The summed E-state index contributed by atoms with van der Waals surface area (Å²) in [6.45, 7) is 0.791. The van der Waals surface area contributed by atoms with Gasteiger partial charge in [0.2, 0.25) is 0 Å². The summed E-state index contributed by atoms with van der Waals surface area (Å²) in [4.78, 5) is 0. The number of H-pyrrole nitrogens is 1. The normalized spacial score (nSPS) is 11.0. The fraction of sp³-hybridized carbons (Fsp3) is 0.0556. The maximum Gasteiger partial charge on any atom is 0.0881 e. The summed E-state index contributed by atoms with van der Waals surface area (Å²) in [5, 5.41) is 14.4. The van der Waals surface area contributed by atoms with Crippen LogP contribution in [0.15, 0.2) is 66.9 Å². The van der Waals surface area contributed by atoms with Crippen LogP contribution in [0.5, 0.6) is 0 Å². The van der Waals surface area contributed by atoms with Gasteiger partial charge in [0.25, 0.3) is 0 Å². The van der Waals surface area contributed by atoms with Crippen molar-refractivity contribution in [1.82, 2.24) is 10.2 Å². The molecule has 0 unspecified atom stereocenters. The molecular formula is C18H15N3. The van der Waals surface area contributed by atoms with E-state index < -0.39 is 0 Å². The lowest BCUT2D eigenvalue weighted by Gasteiger charge is -2.10. The number of rotatable bonds is 3. The van der Waals surface area contributed by atoms with Crippen LogP contribution < -0.4 is 5.32 Å². The van der Waals surface area contributed by atoms with E-state index in [1.54, 1.807) is 0 Å². The van der Waals surface area contributed by atoms with E-state index >= 15 is 0 Å². The van der Waals surface area contributed by atoms with Gasteiger partial charge in [0.1, 0.15) is 0 Å². The molecule has 0 aliphatic rings. The summed E-state index contributed by atoms with van der Waals surface area (Å²) in [6.07, 6.45) is 1.85. The maximum absolute atomic E-state index is 4.10. The van der Waals surface area contributed by atoms with Crippen LogP contribution in [0.2, 0.25) is 0 Å². The zero-order valence-electron chi connectivity index (χ0n) is 11.5. The van der Waals surface area contributed by atoms with Gasteiger partial charge in [-0.3, -0.25) is 5.10 Å². The molecule has 0 radical (unpaired) electrons. The Balaban J connectivity index is 1.68. The number of hydrogen-bond acceptors (Lipinski definition) is 2. The Morgan fingerprint density at radius 2 is 1.67 bits per heavy atom. The van der Waals surface area contributed by atoms with E-state index in [-0.39, 0.29) is 0 Å². The van der Waals surface area contributed by atoms with E-state index in [0.717, 1.165) is 23.1 Å². The lowest BCUT2D eigenvalue weighted by molar-refractivity contribution is 1.11. The number of aromatic nitrogens is 2. The molecule has 0 aliphatic carbocycles. The number of nitrogens with one attached hydrogen (secondary N) is 2. The third-order valence-electron chi connectivity index (χ3n) is 3.83. The molecule has 3 aromatic carbocycles. The largest absolute Gasteiger partial charge is 0.379 e. The van der Waals surface area contributed by atoms with Crippen molar-refractivity contribution < 1.29 is 0 Å². The van der Waals surface area contributed by atoms with Crippen LogP contribution >= 0.6 is 0 Å². The predicted molar refractivity (Wildman–Crippen MR) is 87.4 cm³/mol. The number of anilines is 1. The van der Waals surface area contributed by atoms with Gasteiger partial charge < -0.3 is 5.32 Å². The molecule has 0 saturated carbocycles. The summed E-state index contributed by atoms with van der Waals surface area (Å²) in [6, 6.07) is 21.1. The Hall–Kier alpha value is -2.81. The number of benzene rings is 3. The third kappa shape index (κ3) is 2.13. The molecule has 0 spiro atoms. The van der Waals surface area contributed by atoms with Crippen molar-refractivity contribution in [2.24, 2.45) is 0 Å². The van der Waals surface area contributed by atoms with Crippen molar-refractivity contribution in [3.05, 3.63) is 72.4 Å². The van der Waals surface area contributed by atoms with E-state index in [0.29, 0.717) is 0 Å². The average molecular weight is 273 g/mol. The van der Waals surface area contributed by atoms with Gasteiger partial charge in [0.15, 0.2) is 0 Å². The smallest absolute Gasteiger partial charge is 0.0881 e. The van der Waals surface area contributed by atoms with Crippen molar-refractivity contribution in [3.8, 4) is 0 Å². The minimum Gasteiger partial charge on any atom is -0.379 e. The van der Waals surface area contributed by atoms with Crippen LogP contribution in [0.3, 0.4) is 0 Å². The molecule has 102 valence electrons. The second-order valence-corrected chi connectivity index (χ2v) is 5.13. The number of hydrogen-bond donors (Lipinski definition) is 2. The summed E-state index contributed by atoms with van der Waals surface area (Å²) in [7, 11) is 0. The number of aromatic amines is 1. The fourth-order valence-electron chi connectivity index (χ4n) is 2.75. The monoisotopic (exact) mass is 273 g/mol. The van der Waals surface area contributed by atoms with E-state index in [4.69, 9.17) is 0 Å². The molecule has 4 rings (SSSR count).